The lowest BCUT2D eigenvalue weighted by Gasteiger charge is -2.23. The summed E-state index contributed by atoms with van der Waals surface area (Å²) < 4.78 is 18.2. The smallest absolute Gasteiger partial charge is 0.188 e. The summed E-state index contributed by atoms with van der Waals surface area (Å²) in [4.78, 5) is 4.31. The number of rotatable bonds is 7. The number of nitrogens with one attached hydrogen (secondary N) is 1. The van der Waals surface area contributed by atoms with Crippen molar-refractivity contribution >= 4 is 5.96 Å². The molecule has 0 radical (unpaired) electrons. The standard InChI is InChI=1S/C15H22FN3O/c16-13-5-7-14(8-6-13)20-10-2-9-18-15(17)19-11-12-3-1-4-12/h5-8,12H,1-4,9-11H2,(H3,17,18,19). The van der Waals surface area contributed by atoms with Crippen LogP contribution in [0.4, 0.5) is 4.39 Å². The molecule has 0 bridgehead atoms. The Balaban J connectivity index is 1.53. The Morgan fingerprint density at radius 2 is 2.10 bits per heavy atom. The zero-order valence-electron chi connectivity index (χ0n) is 11.6. The molecular formula is C15H22FN3O. The molecule has 1 aromatic carbocycles. The van der Waals surface area contributed by atoms with Gasteiger partial charge in [0, 0.05) is 13.1 Å². The van der Waals surface area contributed by atoms with E-state index in [0.717, 1.165) is 25.4 Å². The second-order valence-electron chi connectivity index (χ2n) is 5.11. The van der Waals surface area contributed by atoms with Crippen LogP contribution in [0.15, 0.2) is 29.3 Å². The molecule has 0 aliphatic heterocycles. The van der Waals surface area contributed by atoms with Gasteiger partial charge in [0.25, 0.3) is 0 Å². The third-order valence-electron chi connectivity index (χ3n) is 3.45. The number of ether oxygens (including phenoxy) is 1. The molecule has 3 N–H and O–H groups in total. The highest BCUT2D eigenvalue weighted by molar-refractivity contribution is 5.77. The molecular weight excluding hydrogens is 257 g/mol. The van der Waals surface area contributed by atoms with E-state index in [9.17, 15) is 4.39 Å². The van der Waals surface area contributed by atoms with E-state index in [0.29, 0.717) is 18.3 Å². The molecule has 1 aliphatic rings. The normalized spacial score (nSPS) is 15.8. The Bertz CT molecular complexity index is 429. The fraction of sp³-hybridized carbons (Fsp3) is 0.533. The number of guanidine groups is 1. The van der Waals surface area contributed by atoms with Gasteiger partial charge in [-0.05, 0) is 49.4 Å². The molecule has 0 heterocycles. The van der Waals surface area contributed by atoms with Crippen molar-refractivity contribution in [2.75, 3.05) is 19.7 Å². The molecule has 1 aliphatic carbocycles. The largest absolute Gasteiger partial charge is 0.494 e. The first-order valence-corrected chi connectivity index (χ1v) is 7.16. The monoisotopic (exact) mass is 279 g/mol. The third kappa shape index (κ3) is 5.07. The molecule has 5 heteroatoms. The summed E-state index contributed by atoms with van der Waals surface area (Å²) >= 11 is 0. The van der Waals surface area contributed by atoms with Gasteiger partial charge in [-0.15, -0.1) is 0 Å². The molecule has 4 nitrogen and oxygen atoms in total. The van der Waals surface area contributed by atoms with Gasteiger partial charge in [-0.1, -0.05) is 6.42 Å². The molecule has 0 amide bonds. The number of hydrogen-bond acceptors (Lipinski definition) is 2. The minimum absolute atomic E-state index is 0.255. The van der Waals surface area contributed by atoms with Crippen molar-refractivity contribution in [3.05, 3.63) is 30.1 Å². The van der Waals surface area contributed by atoms with Gasteiger partial charge in [0.2, 0.25) is 0 Å². The summed E-state index contributed by atoms with van der Waals surface area (Å²) in [5.74, 6) is 1.67. The molecule has 1 fully saturated rings. The highest BCUT2D eigenvalue weighted by Crippen LogP contribution is 2.26. The van der Waals surface area contributed by atoms with Crippen LogP contribution in [-0.2, 0) is 0 Å². The van der Waals surface area contributed by atoms with Gasteiger partial charge in [-0.2, -0.15) is 0 Å². The predicted octanol–water partition coefficient (Wildman–Crippen LogP) is 2.30. The summed E-state index contributed by atoms with van der Waals surface area (Å²) in [6, 6.07) is 6.02. The van der Waals surface area contributed by atoms with Gasteiger partial charge >= 0.3 is 0 Å². The van der Waals surface area contributed by atoms with E-state index in [1.807, 2.05) is 0 Å². The van der Waals surface area contributed by atoms with Crippen LogP contribution in [0.1, 0.15) is 25.7 Å². The van der Waals surface area contributed by atoms with Crippen LogP contribution >= 0.6 is 0 Å². The van der Waals surface area contributed by atoms with Crippen LogP contribution in [0, 0.1) is 11.7 Å². The number of nitrogens with two attached hydrogens (primary N) is 1. The van der Waals surface area contributed by atoms with Crippen molar-refractivity contribution in [2.24, 2.45) is 16.6 Å². The molecule has 0 unspecified atom stereocenters. The molecule has 20 heavy (non-hydrogen) atoms. The van der Waals surface area contributed by atoms with Crippen molar-refractivity contribution < 1.29 is 9.13 Å². The maximum absolute atomic E-state index is 12.7. The zero-order valence-corrected chi connectivity index (χ0v) is 11.6. The highest BCUT2D eigenvalue weighted by atomic mass is 19.1. The Labute approximate surface area is 119 Å². The number of halogens is 1. The molecule has 0 aromatic heterocycles. The summed E-state index contributed by atoms with van der Waals surface area (Å²) in [7, 11) is 0. The van der Waals surface area contributed by atoms with Crippen LogP contribution < -0.4 is 15.8 Å². The van der Waals surface area contributed by atoms with E-state index in [1.54, 1.807) is 12.1 Å². The number of hydrogen-bond donors (Lipinski definition) is 2. The van der Waals surface area contributed by atoms with E-state index in [-0.39, 0.29) is 5.82 Å². The molecule has 0 saturated heterocycles. The average Bonchev–Trinajstić information content (AvgIpc) is 2.39. The van der Waals surface area contributed by atoms with Crippen molar-refractivity contribution in [3.8, 4) is 5.75 Å². The van der Waals surface area contributed by atoms with E-state index < -0.39 is 0 Å². The van der Waals surface area contributed by atoms with Crippen molar-refractivity contribution in [1.29, 1.82) is 0 Å². The number of nitrogens with zero attached hydrogens (tertiary/aromatic N) is 1. The third-order valence-corrected chi connectivity index (χ3v) is 3.45. The maximum Gasteiger partial charge on any atom is 0.188 e. The summed E-state index contributed by atoms with van der Waals surface area (Å²) in [6.07, 6.45) is 4.70. The van der Waals surface area contributed by atoms with Crippen LogP contribution in [0.3, 0.4) is 0 Å². The first-order valence-electron chi connectivity index (χ1n) is 7.16. The Morgan fingerprint density at radius 1 is 1.35 bits per heavy atom. The van der Waals surface area contributed by atoms with Gasteiger partial charge < -0.3 is 15.8 Å². The molecule has 1 aromatic rings. The quantitative estimate of drug-likeness (QED) is 0.457. The second kappa shape index (κ2) is 7.72. The van der Waals surface area contributed by atoms with Crippen molar-refractivity contribution in [3.63, 3.8) is 0 Å². The average molecular weight is 279 g/mol. The van der Waals surface area contributed by atoms with E-state index in [4.69, 9.17) is 10.5 Å². The SMILES string of the molecule is NC(=NCC1CCC1)NCCCOc1ccc(F)cc1. The van der Waals surface area contributed by atoms with E-state index in [1.165, 1.54) is 31.4 Å². The van der Waals surface area contributed by atoms with Gasteiger partial charge in [-0.3, -0.25) is 4.99 Å². The molecule has 2 rings (SSSR count). The Kier molecular flexibility index (Phi) is 5.65. The van der Waals surface area contributed by atoms with Crippen molar-refractivity contribution in [2.45, 2.75) is 25.7 Å². The number of benzene rings is 1. The first-order chi connectivity index (χ1) is 9.74. The van der Waals surface area contributed by atoms with Crippen LogP contribution in [0.5, 0.6) is 5.75 Å². The summed E-state index contributed by atoms with van der Waals surface area (Å²) in [6.45, 7) is 2.13. The first kappa shape index (κ1) is 14.6. The Hall–Kier alpha value is -1.78. The van der Waals surface area contributed by atoms with Gasteiger partial charge in [0.1, 0.15) is 11.6 Å². The van der Waals surface area contributed by atoms with Gasteiger partial charge in [-0.25, -0.2) is 4.39 Å². The summed E-state index contributed by atoms with van der Waals surface area (Å²) in [5, 5.41) is 3.07. The van der Waals surface area contributed by atoms with Crippen LogP contribution in [0.25, 0.3) is 0 Å². The lowest BCUT2D eigenvalue weighted by molar-refractivity contribution is 0.310. The van der Waals surface area contributed by atoms with E-state index >= 15 is 0 Å². The van der Waals surface area contributed by atoms with E-state index in [2.05, 4.69) is 10.3 Å². The fourth-order valence-electron chi connectivity index (χ4n) is 1.97. The lowest BCUT2D eigenvalue weighted by atomic mass is 9.86. The van der Waals surface area contributed by atoms with Crippen LogP contribution in [-0.4, -0.2) is 25.7 Å². The number of aliphatic imine (C=N–C) groups is 1. The maximum atomic E-state index is 12.7. The summed E-state index contributed by atoms with van der Waals surface area (Å²) in [5.41, 5.74) is 5.77. The molecule has 110 valence electrons. The minimum Gasteiger partial charge on any atom is -0.494 e. The molecule has 0 atom stereocenters. The van der Waals surface area contributed by atoms with Gasteiger partial charge in [0.15, 0.2) is 5.96 Å². The van der Waals surface area contributed by atoms with Crippen molar-refractivity contribution in [1.82, 2.24) is 5.32 Å². The topological polar surface area (TPSA) is 59.6 Å². The van der Waals surface area contributed by atoms with Gasteiger partial charge in [0.05, 0.1) is 6.61 Å². The fourth-order valence-corrected chi connectivity index (χ4v) is 1.97. The van der Waals surface area contributed by atoms with Crippen LogP contribution in [0.2, 0.25) is 0 Å². The zero-order chi connectivity index (χ0) is 14.2. The highest BCUT2D eigenvalue weighted by Gasteiger charge is 2.16. The molecule has 1 saturated carbocycles. The molecule has 0 spiro atoms. The minimum atomic E-state index is -0.255. The lowest BCUT2D eigenvalue weighted by Crippen LogP contribution is -2.34. The Morgan fingerprint density at radius 3 is 2.75 bits per heavy atom. The predicted molar refractivity (Wildman–Crippen MR) is 78.3 cm³/mol. The second-order valence-corrected chi connectivity index (χ2v) is 5.11.